The number of hydrogen-bond donors (Lipinski definition) is 0. The second kappa shape index (κ2) is 5.69. The summed E-state index contributed by atoms with van der Waals surface area (Å²) in [5.74, 6) is -0.503. The minimum absolute atomic E-state index is 0.186. The Morgan fingerprint density at radius 3 is 2.60 bits per heavy atom. The molecule has 0 aliphatic heterocycles. The number of hydrogen-bond acceptors (Lipinski definition) is 4. The number of carbonyl (C=O) groups excluding carboxylic acids is 1. The van der Waals surface area contributed by atoms with Crippen LogP contribution in [0.25, 0.3) is 11.3 Å². The van der Waals surface area contributed by atoms with E-state index in [1.165, 1.54) is 18.7 Å². The van der Waals surface area contributed by atoms with Gasteiger partial charge in [0.25, 0.3) is 5.56 Å². The number of methoxy groups -OCH3 is 1. The van der Waals surface area contributed by atoms with Crippen molar-refractivity contribution in [1.82, 2.24) is 9.78 Å². The molecule has 0 aliphatic carbocycles. The van der Waals surface area contributed by atoms with Crippen LogP contribution in [0, 0.1) is 13.8 Å². The molecule has 0 fully saturated rings. The number of aromatic nitrogens is 2. The van der Waals surface area contributed by atoms with E-state index in [0.29, 0.717) is 5.69 Å². The van der Waals surface area contributed by atoms with E-state index in [1.807, 2.05) is 32.0 Å². The average Bonchev–Trinajstić information content (AvgIpc) is 2.44. The molecule has 104 valence electrons. The molecule has 1 aromatic heterocycles. The molecule has 0 unspecified atom stereocenters. The van der Waals surface area contributed by atoms with Gasteiger partial charge in [-0.1, -0.05) is 12.1 Å². The fourth-order valence-corrected chi connectivity index (χ4v) is 1.80. The predicted octanol–water partition coefficient (Wildman–Crippen LogP) is 1.70. The molecule has 1 heterocycles. The van der Waals surface area contributed by atoms with Gasteiger partial charge in [-0.05, 0) is 37.1 Å². The van der Waals surface area contributed by atoms with Gasteiger partial charge in [0.2, 0.25) is 0 Å². The molecular formula is C15H16N2O3. The highest BCUT2D eigenvalue weighted by Gasteiger charge is 2.08. The first kappa shape index (κ1) is 14.0. The predicted molar refractivity (Wildman–Crippen MR) is 75.4 cm³/mol. The van der Waals surface area contributed by atoms with Crippen molar-refractivity contribution in [3.05, 3.63) is 51.8 Å². The van der Waals surface area contributed by atoms with Crippen LogP contribution in [0.4, 0.5) is 0 Å². The molecule has 1 aromatic carbocycles. The molecule has 0 radical (unpaired) electrons. The van der Waals surface area contributed by atoms with E-state index in [4.69, 9.17) is 0 Å². The van der Waals surface area contributed by atoms with Crippen LogP contribution in [0.5, 0.6) is 0 Å². The lowest BCUT2D eigenvalue weighted by Gasteiger charge is -2.07. The second-order valence-corrected chi connectivity index (χ2v) is 4.59. The number of rotatable bonds is 3. The van der Waals surface area contributed by atoms with Gasteiger partial charge in [0, 0.05) is 11.6 Å². The molecule has 5 heteroatoms. The highest BCUT2D eigenvalue weighted by molar-refractivity contribution is 5.69. The minimum Gasteiger partial charge on any atom is -0.468 e. The molecular weight excluding hydrogens is 256 g/mol. The van der Waals surface area contributed by atoms with Gasteiger partial charge < -0.3 is 4.74 Å². The van der Waals surface area contributed by atoms with Gasteiger partial charge >= 0.3 is 5.97 Å². The first-order chi connectivity index (χ1) is 9.51. The lowest BCUT2D eigenvalue weighted by molar-refractivity contribution is -0.141. The lowest BCUT2D eigenvalue weighted by Crippen LogP contribution is -2.26. The van der Waals surface area contributed by atoms with Crippen LogP contribution in [0.2, 0.25) is 0 Å². The fraction of sp³-hybridized carbons (Fsp3) is 0.267. The summed E-state index contributed by atoms with van der Waals surface area (Å²) in [5, 5.41) is 4.20. The first-order valence-corrected chi connectivity index (χ1v) is 6.24. The fourth-order valence-electron chi connectivity index (χ4n) is 1.80. The molecule has 0 amide bonds. The molecule has 0 bridgehead atoms. The molecule has 0 atom stereocenters. The van der Waals surface area contributed by atoms with E-state index >= 15 is 0 Å². The van der Waals surface area contributed by atoms with Gasteiger partial charge in [-0.15, -0.1) is 0 Å². The summed E-state index contributed by atoms with van der Waals surface area (Å²) in [6.45, 7) is 3.86. The summed E-state index contributed by atoms with van der Waals surface area (Å²) in [7, 11) is 1.28. The maximum absolute atomic E-state index is 11.7. The minimum atomic E-state index is -0.503. The third-order valence-electron chi connectivity index (χ3n) is 3.18. The Morgan fingerprint density at radius 1 is 1.20 bits per heavy atom. The van der Waals surface area contributed by atoms with Gasteiger partial charge in [-0.25, -0.2) is 4.68 Å². The maximum Gasteiger partial charge on any atom is 0.327 e. The number of benzene rings is 1. The van der Waals surface area contributed by atoms with E-state index in [0.717, 1.165) is 15.8 Å². The van der Waals surface area contributed by atoms with Crippen LogP contribution >= 0.6 is 0 Å². The maximum atomic E-state index is 11.7. The van der Waals surface area contributed by atoms with Crippen LogP contribution in [0.3, 0.4) is 0 Å². The van der Waals surface area contributed by atoms with Crippen molar-refractivity contribution in [1.29, 1.82) is 0 Å². The second-order valence-electron chi connectivity index (χ2n) is 4.59. The topological polar surface area (TPSA) is 61.2 Å². The van der Waals surface area contributed by atoms with E-state index in [9.17, 15) is 9.59 Å². The summed E-state index contributed by atoms with van der Waals surface area (Å²) in [5.41, 5.74) is 3.57. The third kappa shape index (κ3) is 2.93. The Labute approximate surface area is 116 Å². The Balaban J connectivity index is 2.42. The Bertz CT molecular complexity index is 705. The van der Waals surface area contributed by atoms with Gasteiger partial charge in [0.1, 0.15) is 6.54 Å². The highest BCUT2D eigenvalue weighted by Crippen LogP contribution is 2.19. The first-order valence-electron chi connectivity index (χ1n) is 6.24. The van der Waals surface area contributed by atoms with Gasteiger partial charge in [-0.2, -0.15) is 5.10 Å². The number of esters is 1. The van der Waals surface area contributed by atoms with Crippen LogP contribution in [-0.4, -0.2) is 22.9 Å². The van der Waals surface area contributed by atoms with Crippen molar-refractivity contribution in [3.63, 3.8) is 0 Å². The quantitative estimate of drug-likeness (QED) is 0.798. The van der Waals surface area contributed by atoms with E-state index in [2.05, 4.69) is 9.84 Å². The number of nitrogens with zero attached hydrogens (tertiary/aromatic N) is 2. The third-order valence-corrected chi connectivity index (χ3v) is 3.18. The van der Waals surface area contributed by atoms with Gasteiger partial charge in [0.15, 0.2) is 0 Å². The zero-order chi connectivity index (χ0) is 14.7. The van der Waals surface area contributed by atoms with E-state index in [1.54, 1.807) is 6.07 Å². The molecule has 0 N–H and O–H groups in total. The van der Waals surface area contributed by atoms with Gasteiger partial charge in [-0.3, -0.25) is 9.59 Å². The standard InChI is InChI=1S/C15H16N2O3/c1-10-4-5-12(8-11(10)2)13-6-7-14(18)17(16-13)9-15(19)20-3/h4-8H,9H2,1-3H3. The van der Waals surface area contributed by atoms with Crippen LogP contribution in [0.1, 0.15) is 11.1 Å². The summed E-state index contributed by atoms with van der Waals surface area (Å²) in [6.07, 6.45) is 0. The zero-order valence-electron chi connectivity index (χ0n) is 11.7. The van der Waals surface area contributed by atoms with Crippen LogP contribution < -0.4 is 5.56 Å². The van der Waals surface area contributed by atoms with Crippen LogP contribution in [-0.2, 0) is 16.1 Å². The van der Waals surface area contributed by atoms with Crippen molar-refractivity contribution in [2.75, 3.05) is 7.11 Å². The summed E-state index contributed by atoms with van der Waals surface area (Å²) >= 11 is 0. The Morgan fingerprint density at radius 2 is 1.95 bits per heavy atom. The summed E-state index contributed by atoms with van der Waals surface area (Å²) in [6, 6.07) is 9.00. The molecule has 5 nitrogen and oxygen atoms in total. The van der Waals surface area contributed by atoms with Gasteiger partial charge in [0.05, 0.1) is 12.8 Å². The van der Waals surface area contributed by atoms with E-state index in [-0.39, 0.29) is 12.1 Å². The SMILES string of the molecule is COC(=O)Cn1nc(-c2ccc(C)c(C)c2)ccc1=O. The van der Waals surface area contributed by atoms with Crippen molar-refractivity contribution in [2.45, 2.75) is 20.4 Å². The molecule has 0 spiro atoms. The summed E-state index contributed by atoms with van der Waals surface area (Å²) < 4.78 is 5.66. The normalized spacial score (nSPS) is 10.3. The molecule has 2 rings (SSSR count). The Hall–Kier alpha value is -2.43. The smallest absolute Gasteiger partial charge is 0.327 e. The van der Waals surface area contributed by atoms with Crippen molar-refractivity contribution >= 4 is 5.97 Å². The molecule has 0 saturated carbocycles. The molecule has 2 aromatic rings. The highest BCUT2D eigenvalue weighted by atomic mass is 16.5. The monoisotopic (exact) mass is 272 g/mol. The summed E-state index contributed by atoms with van der Waals surface area (Å²) in [4.78, 5) is 22.9. The lowest BCUT2D eigenvalue weighted by atomic mass is 10.0. The number of ether oxygens (including phenoxy) is 1. The largest absolute Gasteiger partial charge is 0.468 e. The average molecular weight is 272 g/mol. The molecule has 20 heavy (non-hydrogen) atoms. The molecule has 0 aliphatic rings. The number of carbonyl (C=O) groups is 1. The van der Waals surface area contributed by atoms with Crippen LogP contribution in [0.15, 0.2) is 35.1 Å². The van der Waals surface area contributed by atoms with E-state index < -0.39 is 5.97 Å². The molecule has 0 saturated heterocycles. The zero-order valence-corrected chi connectivity index (χ0v) is 11.7. The van der Waals surface area contributed by atoms with Crippen molar-refractivity contribution in [3.8, 4) is 11.3 Å². The van der Waals surface area contributed by atoms with Crippen molar-refractivity contribution in [2.24, 2.45) is 0 Å². The number of aryl methyl sites for hydroxylation is 2. The Kier molecular flexibility index (Phi) is 3.98. The van der Waals surface area contributed by atoms with Crippen molar-refractivity contribution < 1.29 is 9.53 Å².